The van der Waals surface area contributed by atoms with Crippen LogP contribution in [0.5, 0.6) is 0 Å². The summed E-state index contributed by atoms with van der Waals surface area (Å²) in [6.07, 6.45) is 5.58. The van der Waals surface area contributed by atoms with Gasteiger partial charge in [0.1, 0.15) is 5.82 Å². The zero-order valence-electron chi connectivity index (χ0n) is 19.5. The van der Waals surface area contributed by atoms with Crippen LogP contribution in [0.15, 0.2) is 91.1 Å². The van der Waals surface area contributed by atoms with Gasteiger partial charge in [-0.2, -0.15) is 0 Å². The Balaban J connectivity index is 1.30. The molecule has 0 saturated carbocycles. The van der Waals surface area contributed by atoms with Crippen LogP contribution in [0.2, 0.25) is 0 Å². The van der Waals surface area contributed by atoms with E-state index in [0.29, 0.717) is 11.3 Å². The number of aryl methyl sites for hydroxylation is 2. The first kappa shape index (κ1) is 22.6. The van der Waals surface area contributed by atoms with Crippen LogP contribution in [0.3, 0.4) is 0 Å². The number of benzene rings is 3. The van der Waals surface area contributed by atoms with E-state index in [-0.39, 0.29) is 18.2 Å². The quantitative estimate of drug-likeness (QED) is 0.385. The minimum Gasteiger partial charge on any atom is -0.345 e. The third kappa shape index (κ3) is 5.49. The maximum absolute atomic E-state index is 13.0. The first-order valence-electron chi connectivity index (χ1n) is 12.0. The molecule has 0 radical (unpaired) electrons. The van der Waals surface area contributed by atoms with Crippen LogP contribution in [0.1, 0.15) is 47.1 Å². The molecule has 1 aliphatic heterocycles. The van der Waals surface area contributed by atoms with Crippen molar-refractivity contribution in [3.63, 3.8) is 0 Å². The third-order valence-corrected chi connectivity index (χ3v) is 6.28. The molecule has 0 bridgehead atoms. The fourth-order valence-electron chi connectivity index (χ4n) is 4.47. The summed E-state index contributed by atoms with van der Waals surface area (Å²) in [6.45, 7) is 1.01. The van der Waals surface area contributed by atoms with Crippen molar-refractivity contribution >= 4 is 17.5 Å². The molecule has 2 amide bonds. The predicted octanol–water partition coefficient (Wildman–Crippen LogP) is 5.39. The molecular weight excluding hydrogens is 436 g/mol. The van der Waals surface area contributed by atoms with Gasteiger partial charge in [-0.3, -0.25) is 9.59 Å². The lowest BCUT2D eigenvalue weighted by molar-refractivity contribution is -0.116. The van der Waals surface area contributed by atoms with E-state index >= 15 is 0 Å². The number of fused-ring (bicyclic) bond motifs is 1. The summed E-state index contributed by atoms with van der Waals surface area (Å²) in [6, 6.07) is 25.9. The zero-order chi connectivity index (χ0) is 24.0. The number of anilines is 1. The van der Waals surface area contributed by atoms with E-state index in [1.165, 1.54) is 12.8 Å². The average Bonchev–Trinajstić information content (AvgIpc) is 3.34. The highest BCUT2D eigenvalue weighted by Gasteiger charge is 2.20. The van der Waals surface area contributed by atoms with E-state index < -0.39 is 6.04 Å². The van der Waals surface area contributed by atoms with E-state index in [0.717, 1.165) is 35.6 Å². The Morgan fingerprint density at radius 1 is 0.914 bits per heavy atom. The van der Waals surface area contributed by atoms with Crippen LogP contribution in [-0.4, -0.2) is 21.4 Å². The predicted molar refractivity (Wildman–Crippen MR) is 137 cm³/mol. The van der Waals surface area contributed by atoms with Gasteiger partial charge in [-0.1, -0.05) is 60.7 Å². The fourth-order valence-corrected chi connectivity index (χ4v) is 4.47. The molecule has 5 rings (SSSR count). The summed E-state index contributed by atoms with van der Waals surface area (Å²) in [7, 11) is 0. The summed E-state index contributed by atoms with van der Waals surface area (Å²) < 4.78 is 2.23. The number of carbonyl (C=O) groups excluding carboxylic acids is 2. The van der Waals surface area contributed by atoms with Crippen molar-refractivity contribution in [2.45, 2.75) is 38.3 Å². The normalized spacial score (nSPS) is 13.5. The number of nitrogens with one attached hydrogen (secondary N) is 2. The number of carbonyl (C=O) groups is 2. The molecule has 0 spiro atoms. The van der Waals surface area contributed by atoms with E-state index in [2.05, 4.69) is 21.4 Å². The Kier molecular flexibility index (Phi) is 6.70. The molecular formula is C29H28N4O2. The number of rotatable bonds is 7. The Morgan fingerprint density at radius 2 is 1.69 bits per heavy atom. The molecule has 6 nitrogen and oxygen atoms in total. The van der Waals surface area contributed by atoms with Gasteiger partial charge in [0, 0.05) is 36.0 Å². The number of amides is 2. The van der Waals surface area contributed by atoms with Crippen molar-refractivity contribution in [3.8, 4) is 11.3 Å². The number of aromatic nitrogens is 2. The van der Waals surface area contributed by atoms with Crippen LogP contribution < -0.4 is 10.6 Å². The maximum Gasteiger partial charge on any atom is 0.251 e. The molecule has 1 aliphatic rings. The summed E-state index contributed by atoms with van der Waals surface area (Å²) in [4.78, 5) is 30.6. The lowest BCUT2D eigenvalue weighted by Crippen LogP contribution is -2.31. The van der Waals surface area contributed by atoms with E-state index in [1.54, 1.807) is 12.1 Å². The van der Waals surface area contributed by atoms with Crippen LogP contribution in [0.25, 0.3) is 11.3 Å². The monoisotopic (exact) mass is 464 g/mol. The van der Waals surface area contributed by atoms with Gasteiger partial charge in [0.15, 0.2) is 0 Å². The summed E-state index contributed by atoms with van der Waals surface area (Å²) in [5.74, 6) is 0.743. The Labute approximate surface area is 205 Å². The smallest absolute Gasteiger partial charge is 0.251 e. The molecule has 4 aromatic rings. The first-order valence-corrected chi connectivity index (χ1v) is 12.0. The van der Waals surface area contributed by atoms with Crippen molar-refractivity contribution < 1.29 is 9.59 Å². The third-order valence-electron chi connectivity index (χ3n) is 6.28. The zero-order valence-corrected chi connectivity index (χ0v) is 19.5. The minimum absolute atomic E-state index is 0.117. The van der Waals surface area contributed by atoms with Crippen LogP contribution in [0.4, 0.5) is 5.69 Å². The van der Waals surface area contributed by atoms with Gasteiger partial charge in [-0.05, 0) is 42.7 Å². The minimum atomic E-state index is -0.452. The molecule has 3 aromatic carbocycles. The van der Waals surface area contributed by atoms with Gasteiger partial charge >= 0.3 is 0 Å². The van der Waals surface area contributed by atoms with Crippen molar-refractivity contribution in [1.29, 1.82) is 0 Å². The summed E-state index contributed by atoms with van der Waals surface area (Å²) in [5, 5.41) is 6.02. The SMILES string of the molecule is O=C(CC(NC(=O)c1ccccc1)c1ccccc1)Nc1cccc(-c2cn3c(n2)CCCC3)c1. The highest BCUT2D eigenvalue weighted by atomic mass is 16.2. The molecule has 1 atom stereocenters. The lowest BCUT2D eigenvalue weighted by Gasteiger charge is -2.19. The second-order valence-corrected chi connectivity index (χ2v) is 8.83. The molecule has 2 N–H and O–H groups in total. The largest absolute Gasteiger partial charge is 0.345 e. The average molecular weight is 465 g/mol. The Bertz CT molecular complexity index is 1290. The first-order chi connectivity index (χ1) is 17.2. The highest BCUT2D eigenvalue weighted by molar-refractivity contribution is 5.96. The molecule has 35 heavy (non-hydrogen) atoms. The second-order valence-electron chi connectivity index (χ2n) is 8.83. The van der Waals surface area contributed by atoms with Gasteiger partial charge < -0.3 is 15.2 Å². The number of imidazole rings is 1. The Morgan fingerprint density at radius 3 is 2.46 bits per heavy atom. The Hall–Kier alpha value is -4.19. The summed E-state index contributed by atoms with van der Waals surface area (Å²) >= 11 is 0. The second kappa shape index (κ2) is 10.4. The van der Waals surface area contributed by atoms with Gasteiger partial charge in [0.2, 0.25) is 5.91 Å². The van der Waals surface area contributed by atoms with E-state index in [9.17, 15) is 9.59 Å². The molecule has 0 saturated heterocycles. The van der Waals surface area contributed by atoms with Crippen LogP contribution in [0, 0.1) is 0 Å². The number of hydrogen-bond acceptors (Lipinski definition) is 3. The van der Waals surface area contributed by atoms with Gasteiger partial charge in [-0.15, -0.1) is 0 Å². The molecule has 1 unspecified atom stereocenters. The highest BCUT2D eigenvalue weighted by Crippen LogP contribution is 2.25. The van der Waals surface area contributed by atoms with Gasteiger partial charge in [0.25, 0.3) is 5.91 Å². The molecule has 0 aliphatic carbocycles. The van der Waals surface area contributed by atoms with E-state index in [1.807, 2.05) is 72.8 Å². The maximum atomic E-state index is 13.0. The van der Waals surface area contributed by atoms with E-state index in [4.69, 9.17) is 4.98 Å². The molecule has 2 heterocycles. The van der Waals surface area contributed by atoms with Crippen molar-refractivity contribution in [2.24, 2.45) is 0 Å². The number of nitrogens with zero attached hydrogens (tertiary/aromatic N) is 2. The van der Waals surface area contributed by atoms with Crippen molar-refractivity contribution in [1.82, 2.24) is 14.9 Å². The number of hydrogen-bond donors (Lipinski definition) is 2. The standard InChI is InChI=1S/C29H28N4O2/c34-28(19-25(21-10-3-1-4-11-21)32-29(35)22-12-5-2-6-13-22)30-24-15-9-14-23(18-24)26-20-33-17-8-7-16-27(33)31-26/h1-6,9-15,18,20,25H,7-8,16-17,19H2,(H,30,34)(H,32,35). The van der Waals surface area contributed by atoms with Crippen LogP contribution in [-0.2, 0) is 17.8 Å². The molecule has 6 heteroatoms. The lowest BCUT2D eigenvalue weighted by atomic mass is 10.0. The van der Waals surface area contributed by atoms with Crippen LogP contribution >= 0.6 is 0 Å². The van der Waals surface area contributed by atoms with Gasteiger partial charge in [0.05, 0.1) is 18.2 Å². The fraction of sp³-hybridized carbons (Fsp3) is 0.207. The topological polar surface area (TPSA) is 76.0 Å². The van der Waals surface area contributed by atoms with Gasteiger partial charge in [-0.25, -0.2) is 4.98 Å². The molecule has 176 valence electrons. The molecule has 1 aromatic heterocycles. The summed E-state index contributed by atoms with van der Waals surface area (Å²) in [5.41, 5.74) is 4.05. The van der Waals surface area contributed by atoms with Crippen molar-refractivity contribution in [2.75, 3.05) is 5.32 Å². The van der Waals surface area contributed by atoms with Crippen molar-refractivity contribution in [3.05, 3.63) is 108 Å². The molecule has 0 fully saturated rings.